The summed E-state index contributed by atoms with van der Waals surface area (Å²) in [5, 5.41) is 7.08. The van der Waals surface area contributed by atoms with Crippen LogP contribution in [-0.4, -0.2) is 16.5 Å². The second kappa shape index (κ2) is 9.58. The van der Waals surface area contributed by atoms with Crippen molar-refractivity contribution in [1.82, 2.24) is 20.6 Å². The Labute approximate surface area is 167 Å². The van der Waals surface area contributed by atoms with Crippen molar-refractivity contribution in [2.45, 2.75) is 44.8 Å². The Hall–Kier alpha value is -2.56. The minimum absolute atomic E-state index is 0.542. The van der Waals surface area contributed by atoms with Gasteiger partial charge in [-0.05, 0) is 54.2 Å². The third-order valence-electron chi connectivity index (χ3n) is 5.42. The van der Waals surface area contributed by atoms with Crippen molar-refractivity contribution in [3.05, 3.63) is 95.1 Å². The molecule has 2 heterocycles. The van der Waals surface area contributed by atoms with Crippen LogP contribution in [0.2, 0.25) is 0 Å². The molecule has 4 nitrogen and oxygen atoms in total. The first-order valence-corrected chi connectivity index (χ1v) is 10.2. The fraction of sp³-hybridized carbons (Fsp3) is 0.333. The highest BCUT2D eigenvalue weighted by Crippen LogP contribution is 2.29. The third kappa shape index (κ3) is 5.03. The van der Waals surface area contributed by atoms with Crippen LogP contribution in [0.4, 0.5) is 0 Å². The summed E-state index contributed by atoms with van der Waals surface area (Å²) in [6.07, 6.45) is 7.44. The van der Waals surface area contributed by atoms with Crippen molar-refractivity contribution in [3.8, 4) is 0 Å². The topological polar surface area (TPSA) is 49.8 Å². The number of hydrogen-bond acceptors (Lipinski definition) is 4. The zero-order chi connectivity index (χ0) is 19.0. The fourth-order valence-corrected chi connectivity index (χ4v) is 3.91. The number of pyridine rings is 2. The third-order valence-corrected chi connectivity index (χ3v) is 5.42. The SMILES string of the molecule is c1ccc(CNCc2ccc(CNCC3CCCc4cccnc43)cc2)nc1. The van der Waals surface area contributed by atoms with Crippen molar-refractivity contribution >= 4 is 0 Å². The standard InChI is InChI=1S/C24H28N4/c1-2-13-27-23(8-1)18-26-16-20-11-9-19(10-12-20)15-25-17-22-6-3-5-21-7-4-14-28-24(21)22/h1-2,4,7-14,22,25-26H,3,5-6,15-18H2. The van der Waals surface area contributed by atoms with E-state index in [0.717, 1.165) is 31.9 Å². The van der Waals surface area contributed by atoms with Crippen LogP contribution in [-0.2, 0) is 26.1 Å². The molecule has 1 aromatic carbocycles. The maximum absolute atomic E-state index is 4.64. The van der Waals surface area contributed by atoms with E-state index in [9.17, 15) is 0 Å². The van der Waals surface area contributed by atoms with Gasteiger partial charge < -0.3 is 10.6 Å². The van der Waals surface area contributed by atoms with E-state index < -0.39 is 0 Å². The molecular formula is C24H28N4. The number of fused-ring (bicyclic) bond motifs is 1. The summed E-state index contributed by atoms with van der Waals surface area (Å²) in [4.78, 5) is 8.97. The molecule has 2 N–H and O–H groups in total. The molecule has 1 aliphatic carbocycles. The predicted octanol–water partition coefficient (Wildman–Crippen LogP) is 3.98. The van der Waals surface area contributed by atoms with E-state index in [-0.39, 0.29) is 0 Å². The molecule has 0 radical (unpaired) electrons. The van der Waals surface area contributed by atoms with Gasteiger partial charge in [-0.3, -0.25) is 9.97 Å². The van der Waals surface area contributed by atoms with Gasteiger partial charge in [0.2, 0.25) is 0 Å². The summed E-state index contributed by atoms with van der Waals surface area (Å²) >= 11 is 0. The summed E-state index contributed by atoms with van der Waals surface area (Å²) in [7, 11) is 0. The molecule has 1 unspecified atom stereocenters. The van der Waals surface area contributed by atoms with Crippen molar-refractivity contribution in [3.63, 3.8) is 0 Å². The first kappa shape index (κ1) is 18.8. The van der Waals surface area contributed by atoms with E-state index in [1.165, 1.54) is 41.6 Å². The molecule has 2 aromatic heterocycles. The molecule has 4 heteroatoms. The normalized spacial score (nSPS) is 15.9. The molecule has 0 spiro atoms. The lowest BCUT2D eigenvalue weighted by atomic mass is 9.86. The molecule has 144 valence electrons. The quantitative estimate of drug-likeness (QED) is 0.628. The molecule has 1 aliphatic rings. The summed E-state index contributed by atoms with van der Waals surface area (Å²) in [6, 6.07) is 19.2. The van der Waals surface area contributed by atoms with Crippen molar-refractivity contribution < 1.29 is 0 Å². The maximum Gasteiger partial charge on any atom is 0.0541 e. The van der Waals surface area contributed by atoms with Gasteiger partial charge in [0.25, 0.3) is 0 Å². The summed E-state index contributed by atoms with van der Waals surface area (Å²) in [5.74, 6) is 0.542. The number of hydrogen-bond donors (Lipinski definition) is 2. The van der Waals surface area contributed by atoms with Crippen LogP contribution in [0.5, 0.6) is 0 Å². The maximum atomic E-state index is 4.64. The molecule has 1 atom stereocenters. The summed E-state index contributed by atoms with van der Waals surface area (Å²) in [6.45, 7) is 3.55. The first-order valence-electron chi connectivity index (χ1n) is 10.2. The van der Waals surface area contributed by atoms with Crippen LogP contribution in [0.3, 0.4) is 0 Å². The van der Waals surface area contributed by atoms with E-state index in [1.807, 2.05) is 30.6 Å². The van der Waals surface area contributed by atoms with Gasteiger partial charge in [-0.1, -0.05) is 36.4 Å². The molecule has 28 heavy (non-hydrogen) atoms. The zero-order valence-corrected chi connectivity index (χ0v) is 16.3. The van der Waals surface area contributed by atoms with Gasteiger partial charge in [0.05, 0.1) is 5.69 Å². The monoisotopic (exact) mass is 372 g/mol. The second-order valence-electron chi connectivity index (χ2n) is 7.51. The Kier molecular flexibility index (Phi) is 6.43. The summed E-state index contributed by atoms with van der Waals surface area (Å²) in [5.41, 5.74) is 6.43. The van der Waals surface area contributed by atoms with E-state index in [2.05, 4.69) is 57.0 Å². The largest absolute Gasteiger partial charge is 0.312 e. The average Bonchev–Trinajstić information content (AvgIpc) is 2.76. The predicted molar refractivity (Wildman–Crippen MR) is 113 cm³/mol. The Balaban J connectivity index is 1.22. The lowest BCUT2D eigenvalue weighted by Gasteiger charge is -2.24. The highest BCUT2D eigenvalue weighted by atomic mass is 14.9. The Morgan fingerprint density at radius 3 is 2.36 bits per heavy atom. The van der Waals surface area contributed by atoms with Crippen LogP contribution in [0.25, 0.3) is 0 Å². The smallest absolute Gasteiger partial charge is 0.0541 e. The van der Waals surface area contributed by atoms with Gasteiger partial charge in [0.1, 0.15) is 0 Å². The van der Waals surface area contributed by atoms with Gasteiger partial charge in [-0.15, -0.1) is 0 Å². The van der Waals surface area contributed by atoms with Gasteiger partial charge in [-0.2, -0.15) is 0 Å². The van der Waals surface area contributed by atoms with Gasteiger partial charge in [0, 0.05) is 50.2 Å². The molecule has 0 amide bonds. The molecule has 3 aromatic rings. The number of benzene rings is 1. The van der Waals surface area contributed by atoms with Gasteiger partial charge >= 0.3 is 0 Å². The van der Waals surface area contributed by atoms with E-state index >= 15 is 0 Å². The molecular weight excluding hydrogens is 344 g/mol. The zero-order valence-electron chi connectivity index (χ0n) is 16.3. The lowest BCUT2D eigenvalue weighted by Crippen LogP contribution is -2.25. The number of nitrogens with one attached hydrogen (secondary N) is 2. The highest BCUT2D eigenvalue weighted by Gasteiger charge is 2.20. The Morgan fingerprint density at radius 1 is 0.786 bits per heavy atom. The molecule has 0 saturated carbocycles. The highest BCUT2D eigenvalue weighted by molar-refractivity contribution is 5.26. The van der Waals surface area contributed by atoms with Crippen molar-refractivity contribution in [2.75, 3.05) is 6.54 Å². The van der Waals surface area contributed by atoms with Crippen molar-refractivity contribution in [2.24, 2.45) is 0 Å². The Morgan fingerprint density at radius 2 is 1.57 bits per heavy atom. The molecule has 0 aliphatic heterocycles. The number of rotatable bonds is 8. The number of aryl methyl sites for hydroxylation is 1. The average molecular weight is 373 g/mol. The minimum Gasteiger partial charge on any atom is -0.312 e. The van der Waals surface area contributed by atoms with Gasteiger partial charge in [0.15, 0.2) is 0 Å². The van der Waals surface area contributed by atoms with E-state index in [1.54, 1.807) is 0 Å². The van der Waals surface area contributed by atoms with Gasteiger partial charge in [-0.25, -0.2) is 0 Å². The Bertz CT molecular complexity index is 861. The number of aromatic nitrogens is 2. The van der Waals surface area contributed by atoms with E-state index in [0.29, 0.717) is 5.92 Å². The fourth-order valence-electron chi connectivity index (χ4n) is 3.91. The van der Waals surface area contributed by atoms with Crippen LogP contribution >= 0.6 is 0 Å². The minimum atomic E-state index is 0.542. The number of nitrogens with zero attached hydrogens (tertiary/aromatic N) is 2. The molecule has 0 fully saturated rings. The van der Waals surface area contributed by atoms with Crippen LogP contribution in [0.15, 0.2) is 67.0 Å². The summed E-state index contributed by atoms with van der Waals surface area (Å²) < 4.78 is 0. The molecule has 4 rings (SSSR count). The lowest BCUT2D eigenvalue weighted by molar-refractivity contribution is 0.495. The van der Waals surface area contributed by atoms with Crippen molar-refractivity contribution in [1.29, 1.82) is 0 Å². The van der Waals surface area contributed by atoms with Crippen LogP contribution in [0.1, 0.15) is 46.8 Å². The van der Waals surface area contributed by atoms with E-state index in [4.69, 9.17) is 0 Å². The molecule has 0 bridgehead atoms. The second-order valence-corrected chi connectivity index (χ2v) is 7.51. The van der Waals surface area contributed by atoms with Crippen LogP contribution in [0, 0.1) is 0 Å². The first-order chi connectivity index (χ1) is 13.9. The molecule has 0 saturated heterocycles. The van der Waals surface area contributed by atoms with Crippen LogP contribution < -0.4 is 10.6 Å².